The molecule has 0 radical (unpaired) electrons. The summed E-state index contributed by atoms with van der Waals surface area (Å²) < 4.78 is 7.70. The Bertz CT molecular complexity index is 408. The third-order valence-corrected chi connectivity index (χ3v) is 4.35. The monoisotopic (exact) mass is 279 g/mol. The van der Waals surface area contributed by atoms with Crippen LogP contribution in [-0.2, 0) is 0 Å². The highest BCUT2D eigenvalue weighted by Crippen LogP contribution is 2.38. The molecule has 1 aromatic rings. The molecule has 20 heavy (non-hydrogen) atoms. The maximum atomic E-state index is 5.57. The third-order valence-electron chi connectivity index (χ3n) is 4.35. The van der Waals surface area contributed by atoms with E-state index in [1.54, 1.807) is 7.11 Å². The summed E-state index contributed by atoms with van der Waals surface area (Å²) in [6.07, 6.45) is 8.57. The molecule has 1 unspecified atom stereocenters. The first kappa shape index (κ1) is 15.4. The van der Waals surface area contributed by atoms with E-state index in [9.17, 15) is 0 Å². The number of ether oxygens (including phenoxy) is 1. The van der Waals surface area contributed by atoms with Crippen LogP contribution >= 0.6 is 0 Å². The lowest BCUT2D eigenvalue weighted by atomic mass is 9.82. The van der Waals surface area contributed by atoms with Crippen LogP contribution < -0.4 is 10.1 Å². The Morgan fingerprint density at radius 2 is 2.05 bits per heavy atom. The summed E-state index contributed by atoms with van der Waals surface area (Å²) in [7, 11) is 1.75. The number of nitrogens with zero attached hydrogens (tertiary/aromatic N) is 2. The SMILES string of the molecule is CCNC(c1c(OC)cnn1C(C)C)C1CCCCC1. The van der Waals surface area contributed by atoms with Gasteiger partial charge in [-0.25, -0.2) is 0 Å². The van der Waals surface area contributed by atoms with E-state index >= 15 is 0 Å². The molecule has 1 aliphatic carbocycles. The summed E-state index contributed by atoms with van der Waals surface area (Å²) >= 11 is 0. The summed E-state index contributed by atoms with van der Waals surface area (Å²) in [4.78, 5) is 0. The minimum atomic E-state index is 0.360. The molecule has 4 heteroatoms. The molecular formula is C16H29N3O. The van der Waals surface area contributed by atoms with Gasteiger partial charge < -0.3 is 10.1 Å². The van der Waals surface area contributed by atoms with Crippen molar-refractivity contribution in [3.05, 3.63) is 11.9 Å². The van der Waals surface area contributed by atoms with Crippen molar-refractivity contribution >= 4 is 0 Å². The molecule has 0 bridgehead atoms. The molecule has 114 valence electrons. The molecule has 0 aromatic carbocycles. The van der Waals surface area contributed by atoms with E-state index < -0.39 is 0 Å². The van der Waals surface area contributed by atoms with Crippen molar-refractivity contribution < 1.29 is 4.74 Å². The van der Waals surface area contributed by atoms with Crippen LogP contribution in [0.15, 0.2) is 6.20 Å². The van der Waals surface area contributed by atoms with E-state index in [1.165, 1.54) is 37.8 Å². The molecule has 0 aliphatic heterocycles. The zero-order valence-electron chi connectivity index (χ0n) is 13.4. The lowest BCUT2D eigenvalue weighted by molar-refractivity contribution is 0.254. The van der Waals surface area contributed by atoms with Crippen LogP contribution in [0.3, 0.4) is 0 Å². The largest absolute Gasteiger partial charge is 0.493 e. The number of aromatic nitrogens is 2. The lowest BCUT2D eigenvalue weighted by Gasteiger charge is -2.32. The van der Waals surface area contributed by atoms with Crippen molar-refractivity contribution in [2.45, 2.75) is 65.0 Å². The fourth-order valence-corrected chi connectivity index (χ4v) is 3.39. The zero-order valence-corrected chi connectivity index (χ0v) is 13.4. The summed E-state index contributed by atoms with van der Waals surface area (Å²) in [5.74, 6) is 1.63. The van der Waals surface area contributed by atoms with Crippen molar-refractivity contribution in [1.82, 2.24) is 15.1 Å². The average Bonchev–Trinajstić information content (AvgIpc) is 2.89. The Kier molecular flexibility index (Phi) is 5.46. The van der Waals surface area contributed by atoms with Crippen molar-refractivity contribution in [3.8, 4) is 5.75 Å². The van der Waals surface area contributed by atoms with Crippen molar-refractivity contribution in [2.75, 3.05) is 13.7 Å². The number of rotatable bonds is 6. The van der Waals surface area contributed by atoms with Gasteiger partial charge in [0.15, 0.2) is 5.75 Å². The van der Waals surface area contributed by atoms with Crippen molar-refractivity contribution in [2.24, 2.45) is 5.92 Å². The topological polar surface area (TPSA) is 39.1 Å². The second kappa shape index (κ2) is 7.11. The molecule has 1 saturated carbocycles. The van der Waals surface area contributed by atoms with E-state index in [2.05, 4.69) is 35.9 Å². The summed E-state index contributed by atoms with van der Waals surface area (Å²) in [5, 5.41) is 8.22. The first-order valence-corrected chi connectivity index (χ1v) is 8.03. The molecule has 0 saturated heterocycles. The molecule has 0 amide bonds. The van der Waals surface area contributed by atoms with Gasteiger partial charge in [0.2, 0.25) is 0 Å². The molecule has 1 atom stereocenters. The normalized spacial score (nSPS) is 18.4. The first-order chi connectivity index (χ1) is 9.69. The molecule has 0 spiro atoms. The minimum Gasteiger partial charge on any atom is -0.493 e. The number of methoxy groups -OCH3 is 1. The summed E-state index contributed by atoms with van der Waals surface area (Å²) in [5.41, 5.74) is 1.23. The van der Waals surface area contributed by atoms with E-state index in [0.717, 1.165) is 12.3 Å². The lowest BCUT2D eigenvalue weighted by Crippen LogP contribution is -2.32. The van der Waals surface area contributed by atoms with Crippen LogP contribution in [0.1, 0.15) is 70.7 Å². The Morgan fingerprint density at radius 1 is 1.35 bits per heavy atom. The highest BCUT2D eigenvalue weighted by atomic mass is 16.5. The third kappa shape index (κ3) is 3.17. The smallest absolute Gasteiger partial charge is 0.161 e. The predicted octanol–water partition coefficient (Wildman–Crippen LogP) is 3.70. The second-order valence-corrected chi connectivity index (χ2v) is 6.07. The fourth-order valence-electron chi connectivity index (χ4n) is 3.39. The maximum Gasteiger partial charge on any atom is 0.161 e. The van der Waals surface area contributed by atoms with Crippen LogP contribution in [0.2, 0.25) is 0 Å². The molecule has 1 aromatic heterocycles. The summed E-state index contributed by atoms with van der Waals surface area (Å²) in [6, 6.07) is 0.721. The van der Waals surface area contributed by atoms with Gasteiger partial charge in [0.1, 0.15) is 0 Å². The Labute approximate surface area is 122 Å². The van der Waals surface area contributed by atoms with Crippen LogP contribution in [-0.4, -0.2) is 23.4 Å². The van der Waals surface area contributed by atoms with Crippen molar-refractivity contribution in [1.29, 1.82) is 0 Å². The van der Waals surface area contributed by atoms with E-state index in [-0.39, 0.29) is 0 Å². The van der Waals surface area contributed by atoms with Crippen LogP contribution in [0.4, 0.5) is 0 Å². The molecule has 1 N–H and O–H groups in total. The van der Waals surface area contributed by atoms with Gasteiger partial charge in [-0.15, -0.1) is 0 Å². The van der Waals surface area contributed by atoms with Crippen LogP contribution in [0.5, 0.6) is 5.75 Å². The standard InChI is InChI=1S/C16H29N3O/c1-5-17-15(13-9-7-6-8-10-13)16-14(20-4)11-18-19(16)12(2)3/h11-13,15,17H,5-10H2,1-4H3. The average molecular weight is 279 g/mol. The van der Waals surface area contributed by atoms with Gasteiger partial charge in [-0.05, 0) is 39.2 Å². The van der Waals surface area contributed by atoms with Gasteiger partial charge in [-0.1, -0.05) is 26.2 Å². The molecule has 1 fully saturated rings. The zero-order chi connectivity index (χ0) is 14.5. The van der Waals surface area contributed by atoms with Gasteiger partial charge in [-0.2, -0.15) is 5.10 Å². The number of hydrogen-bond acceptors (Lipinski definition) is 3. The maximum absolute atomic E-state index is 5.57. The van der Waals surface area contributed by atoms with Gasteiger partial charge >= 0.3 is 0 Å². The molecule has 2 rings (SSSR count). The molecular weight excluding hydrogens is 250 g/mol. The van der Waals surface area contributed by atoms with Crippen LogP contribution in [0.25, 0.3) is 0 Å². The second-order valence-electron chi connectivity index (χ2n) is 6.07. The van der Waals surface area contributed by atoms with E-state index in [4.69, 9.17) is 4.74 Å². The Balaban J connectivity index is 2.33. The van der Waals surface area contributed by atoms with Gasteiger partial charge in [-0.3, -0.25) is 4.68 Å². The first-order valence-electron chi connectivity index (χ1n) is 8.03. The van der Waals surface area contributed by atoms with Crippen molar-refractivity contribution in [3.63, 3.8) is 0 Å². The van der Waals surface area contributed by atoms with E-state index in [0.29, 0.717) is 18.0 Å². The Hall–Kier alpha value is -1.03. The predicted molar refractivity (Wildman–Crippen MR) is 82.2 cm³/mol. The summed E-state index contributed by atoms with van der Waals surface area (Å²) in [6.45, 7) is 7.52. The highest BCUT2D eigenvalue weighted by molar-refractivity contribution is 5.29. The van der Waals surface area contributed by atoms with Crippen LogP contribution in [0, 0.1) is 5.92 Å². The number of nitrogens with one attached hydrogen (secondary N) is 1. The minimum absolute atomic E-state index is 0.360. The number of hydrogen-bond donors (Lipinski definition) is 1. The fraction of sp³-hybridized carbons (Fsp3) is 0.812. The Morgan fingerprint density at radius 3 is 2.60 bits per heavy atom. The van der Waals surface area contributed by atoms with Gasteiger partial charge in [0.25, 0.3) is 0 Å². The highest BCUT2D eigenvalue weighted by Gasteiger charge is 2.30. The van der Waals surface area contributed by atoms with Gasteiger partial charge in [0, 0.05) is 6.04 Å². The molecule has 1 heterocycles. The molecule has 4 nitrogen and oxygen atoms in total. The quantitative estimate of drug-likeness (QED) is 0.863. The van der Waals surface area contributed by atoms with E-state index in [1.807, 2.05) is 6.20 Å². The van der Waals surface area contributed by atoms with Gasteiger partial charge in [0.05, 0.1) is 25.0 Å². The molecule has 1 aliphatic rings.